The lowest BCUT2D eigenvalue weighted by atomic mass is 9.82. The molecule has 0 N–H and O–H groups in total. The van der Waals surface area contributed by atoms with E-state index in [1.807, 2.05) is 19.9 Å². The number of nitrogens with zero attached hydrogens (tertiary/aromatic N) is 2. The van der Waals surface area contributed by atoms with Gasteiger partial charge in [0.1, 0.15) is 0 Å². The summed E-state index contributed by atoms with van der Waals surface area (Å²) in [6, 6.07) is 17.0. The van der Waals surface area contributed by atoms with Gasteiger partial charge in [0.2, 0.25) is 5.69 Å². The number of ether oxygens (including phenoxy) is 2. The first-order valence-corrected chi connectivity index (χ1v) is 12.2. The minimum atomic E-state index is -0.108. The van der Waals surface area contributed by atoms with Gasteiger partial charge in [0.15, 0.2) is 18.5 Å². The maximum absolute atomic E-state index is 5.66. The quantitative estimate of drug-likeness (QED) is 0.339. The van der Waals surface area contributed by atoms with Crippen molar-refractivity contribution >= 4 is 22.8 Å². The second-order valence-electron chi connectivity index (χ2n) is 9.85. The molecule has 4 rings (SSSR count). The van der Waals surface area contributed by atoms with Gasteiger partial charge in [-0.25, -0.2) is 0 Å². The number of rotatable bonds is 7. The van der Waals surface area contributed by atoms with E-state index in [9.17, 15) is 0 Å². The fourth-order valence-electron chi connectivity index (χ4n) is 4.67. The van der Waals surface area contributed by atoms with Crippen LogP contribution in [-0.2, 0) is 20.3 Å². The Morgan fingerprint density at radius 1 is 0.818 bits per heavy atom. The molecule has 0 aromatic heterocycles. The van der Waals surface area contributed by atoms with Crippen molar-refractivity contribution in [3.8, 4) is 0 Å². The highest BCUT2D eigenvalue weighted by Gasteiger charge is 2.42. The van der Waals surface area contributed by atoms with Crippen LogP contribution in [0.5, 0.6) is 0 Å². The van der Waals surface area contributed by atoms with E-state index in [0.717, 1.165) is 18.7 Å². The summed E-state index contributed by atoms with van der Waals surface area (Å²) < 4.78 is 13.7. The van der Waals surface area contributed by atoms with Crippen LogP contribution in [0.1, 0.15) is 72.9 Å². The zero-order chi connectivity index (χ0) is 24.2. The number of hydrogen-bond acceptors (Lipinski definition) is 3. The Labute approximate surface area is 200 Å². The number of hydrogen-bond donors (Lipinski definition) is 0. The van der Waals surface area contributed by atoms with Crippen molar-refractivity contribution in [3.63, 3.8) is 0 Å². The summed E-state index contributed by atoms with van der Waals surface area (Å²) in [5.74, 6) is 0. The van der Waals surface area contributed by atoms with Crippen molar-refractivity contribution in [3.05, 3.63) is 59.7 Å². The molecule has 0 saturated carbocycles. The smallest absolute Gasteiger partial charge is 0.209 e. The standard InChI is InChI=1S/C18H28NO2.C11H13N/c1-6-20-17(21-7-2)12-13-19-14(3)18(4,5)15-10-8-9-11-16(15)19;1-8-11(2,3)9-6-4-5-7-10(9)12-8/h8-11,17H,6-7,12-13H2,1-5H3;4-7H,1-3H3/q+1;. The number of aliphatic imine (C=N–C) groups is 1. The molecular formula is C29H41N2O2+. The van der Waals surface area contributed by atoms with Crippen molar-refractivity contribution in [2.24, 2.45) is 4.99 Å². The first kappa shape index (κ1) is 25.3. The zero-order valence-corrected chi connectivity index (χ0v) is 21.7. The largest absolute Gasteiger partial charge is 0.353 e. The molecule has 0 bridgehead atoms. The highest BCUT2D eigenvalue weighted by molar-refractivity contribution is 5.99. The summed E-state index contributed by atoms with van der Waals surface area (Å²) in [5, 5.41) is 0. The van der Waals surface area contributed by atoms with Crippen LogP contribution >= 0.6 is 0 Å². The minimum absolute atomic E-state index is 0.101. The fraction of sp³-hybridized carbons (Fsp3) is 0.517. The van der Waals surface area contributed by atoms with Crippen LogP contribution in [0.15, 0.2) is 53.5 Å². The SMILES string of the molecule is CC1=Nc2ccccc2C1(C)C.CCOC(CC[N+]1=C(C)C(C)(C)c2ccccc21)OCC. The van der Waals surface area contributed by atoms with Gasteiger partial charge in [-0.1, -0.05) is 50.2 Å². The van der Waals surface area contributed by atoms with Crippen molar-refractivity contribution in [2.45, 2.75) is 78.9 Å². The average molecular weight is 450 g/mol. The molecule has 0 unspecified atom stereocenters. The highest BCUT2D eigenvalue weighted by atomic mass is 16.7. The van der Waals surface area contributed by atoms with Gasteiger partial charge in [-0.15, -0.1) is 0 Å². The molecule has 2 aliphatic rings. The monoisotopic (exact) mass is 449 g/mol. The van der Waals surface area contributed by atoms with Crippen molar-refractivity contribution in [2.75, 3.05) is 19.8 Å². The number of benzene rings is 2. The predicted molar refractivity (Wildman–Crippen MR) is 139 cm³/mol. The second kappa shape index (κ2) is 10.3. The Bertz CT molecular complexity index is 1030. The van der Waals surface area contributed by atoms with E-state index in [1.54, 1.807) is 0 Å². The molecule has 2 aromatic rings. The maximum Gasteiger partial charge on any atom is 0.209 e. The molecule has 4 nitrogen and oxygen atoms in total. The molecule has 2 aromatic carbocycles. The van der Waals surface area contributed by atoms with Crippen molar-refractivity contribution in [1.29, 1.82) is 0 Å². The maximum atomic E-state index is 5.66. The Morgan fingerprint density at radius 3 is 2.00 bits per heavy atom. The van der Waals surface area contributed by atoms with Gasteiger partial charge in [-0.05, 0) is 46.2 Å². The van der Waals surface area contributed by atoms with Gasteiger partial charge in [-0.3, -0.25) is 4.99 Å². The van der Waals surface area contributed by atoms with E-state index in [4.69, 9.17) is 9.47 Å². The molecule has 0 radical (unpaired) electrons. The lowest BCUT2D eigenvalue weighted by Gasteiger charge is -2.19. The predicted octanol–water partition coefficient (Wildman–Crippen LogP) is 6.94. The third-order valence-corrected chi connectivity index (χ3v) is 7.24. The molecule has 0 atom stereocenters. The molecule has 33 heavy (non-hydrogen) atoms. The molecule has 4 heteroatoms. The summed E-state index contributed by atoms with van der Waals surface area (Å²) in [5.41, 5.74) is 8.07. The topological polar surface area (TPSA) is 33.8 Å². The van der Waals surface area contributed by atoms with Gasteiger partial charge in [0.25, 0.3) is 0 Å². The zero-order valence-electron chi connectivity index (χ0n) is 21.7. The second-order valence-corrected chi connectivity index (χ2v) is 9.85. The van der Waals surface area contributed by atoms with E-state index >= 15 is 0 Å². The van der Waals surface area contributed by atoms with Crippen molar-refractivity contribution < 1.29 is 14.0 Å². The van der Waals surface area contributed by atoms with Gasteiger partial charge in [0.05, 0.1) is 17.5 Å². The molecule has 2 aliphatic heterocycles. The molecule has 0 aliphatic carbocycles. The molecule has 0 spiro atoms. The van der Waals surface area contributed by atoms with Crippen LogP contribution in [0.4, 0.5) is 11.4 Å². The Hall–Kier alpha value is -2.30. The average Bonchev–Trinajstić information content (AvgIpc) is 3.14. The fourth-order valence-corrected chi connectivity index (χ4v) is 4.67. The summed E-state index contributed by atoms with van der Waals surface area (Å²) in [7, 11) is 0. The Balaban J connectivity index is 0.000000215. The van der Waals surface area contributed by atoms with Gasteiger partial charge in [0, 0.05) is 42.9 Å². The highest BCUT2D eigenvalue weighted by Crippen LogP contribution is 2.40. The third kappa shape index (κ3) is 5.12. The van der Waals surface area contributed by atoms with Crippen LogP contribution in [0.2, 0.25) is 0 Å². The van der Waals surface area contributed by atoms with E-state index in [0.29, 0.717) is 13.2 Å². The lowest BCUT2D eigenvalue weighted by Crippen LogP contribution is -2.28. The van der Waals surface area contributed by atoms with Crippen LogP contribution in [-0.4, -0.2) is 42.0 Å². The lowest BCUT2D eigenvalue weighted by molar-refractivity contribution is -0.444. The van der Waals surface area contributed by atoms with Gasteiger partial charge < -0.3 is 9.47 Å². The molecule has 0 amide bonds. The first-order valence-electron chi connectivity index (χ1n) is 12.2. The third-order valence-electron chi connectivity index (χ3n) is 7.24. The minimum Gasteiger partial charge on any atom is -0.353 e. The summed E-state index contributed by atoms with van der Waals surface area (Å²) in [4.78, 5) is 4.52. The molecule has 0 fully saturated rings. The molecule has 178 valence electrons. The summed E-state index contributed by atoms with van der Waals surface area (Å²) >= 11 is 0. The number of fused-ring (bicyclic) bond motifs is 2. The Morgan fingerprint density at radius 2 is 1.39 bits per heavy atom. The van der Waals surface area contributed by atoms with Gasteiger partial charge in [-0.2, -0.15) is 4.58 Å². The summed E-state index contributed by atoms with van der Waals surface area (Å²) in [6.07, 6.45) is 0.771. The van der Waals surface area contributed by atoms with E-state index < -0.39 is 0 Å². The van der Waals surface area contributed by atoms with Gasteiger partial charge >= 0.3 is 0 Å². The molecule has 0 saturated heterocycles. The van der Waals surface area contributed by atoms with Crippen LogP contribution in [0, 0.1) is 0 Å². The molecular weight excluding hydrogens is 408 g/mol. The van der Waals surface area contributed by atoms with E-state index in [1.165, 1.54) is 28.2 Å². The van der Waals surface area contributed by atoms with Crippen LogP contribution in [0.25, 0.3) is 0 Å². The number of para-hydroxylation sites is 2. The van der Waals surface area contributed by atoms with Crippen molar-refractivity contribution in [1.82, 2.24) is 0 Å². The van der Waals surface area contributed by atoms with E-state index in [-0.39, 0.29) is 17.1 Å². The van der Waals surface area contributed by atoms with E-state index in [2.05, 4.69) is 93.6 Å². The van der Waals surface area contributed by atoms with Crippen LogP contribution in [0.3, 0.4) is 0 Å². The van der Waals surface area contributed by atoms with Crippen LogP contribution < -0.4 is 0 Å². The Kier molecular flexibility index (Phi) is 7.92. The summed E-state index contributed by atoms with van der Waals surface area (Å²) in [6.45, 7) is 19.7. The first-order chi connectivity index (χ1) is 15.6. The molecule has 2 heterocycles. The normalized spacial score (nSPS) is 17.4.